The average Bonchev–Trinajstić information content (AvgIpc) is 4.18. The van der Waals surface area contributed by atoms with Crippen LogP contribution in [-0.2, 0) is 0 Å². The van der Waals surface area contributed by atoms with E-state index in [1.54, 1.807) is 0 Å². The summed E-state index contributed by atoms with van der Waals surface area (Å²) in [6.07, 6.45) is 8.36. The topological polar surface area (TPSA) is 104 Å². The second kappa shape index (κ2) is 17.1. The second-order valence-corrected chi connectivity index (χ2v) is 15.6. The summed E-state index contributed by atoms with van der Waals surface area (Å²) in [6.45, 7) is 2.05. The normalized spacial score (nSPS) is 11.6. The molecule has 8 nitrogen and oxygen atoms in total. The van der Waals surface area contributed by atoms with Gasteiger partial charge in [-0.1, -0.05) is 115 Å². The Balaban J connectivity index is 0.000000144. The molecule has 12 aromatic rings. The fourth-order valence-corrected chi connectivity index (χ4v) is 7.48. The van der Waals surface area contributed by atoms with E-state index < -0.39 is 0 Å². The van der Waals surface area contributed by atoms with Gasteiger partial charge in [0.15, 0.2) is 22.3 Å². The van der Waals surface area contributed by atoms with Crippen LogP contribution in [0.3, 0.4) is 0 Å². The van der Waals surface area contributed by atoms with Crippen molar-refractivity contribution >= 4 is 68.7 Å². The largest absolute Gasteiger partial charge is 0.436 e. The number of hydrogen-bond acceptors (Lipinski definition) is 8. The number of fused-ring (bicyclic) bond motifs is 4. The number of nitrogens with zero attached hydrogens (tertiary/aromatic N) is 4. The number of aryl methyl sites for hydroxylation is 1. The Hall–Kier alpha value is -8.88. The van der Waals surface area contributed by atoms with Crippen LogP contribution in [0, 0.1) is 6.92 Å². The van der Waals surface area contributed by atoms with Crippen molar-refractivity contribution in [3.8, 4) is 45.8 Å². The van der Waals surface area contributed by atoms with Crippen LogP contribution in [0.2, 0.25) is 0 Å². The zero-order valence-electron chi connectivity index (χ0n) is 35.1. The number of oxazole rings is 4. The summed E-state index contributed by atoms with van der Waals surface area (Å²) in [7, 11) is 0. The lowest BCUT2D eigenvalue weighted by molar-refractivity contribution is 0.619. The number of hydrogen-bond donors (Lipinski definition) is 0. The Labute approximate surface area is 373 Å². The van der Waals surface area contributed by atoms with Gasteiger partial charge in [0.1, 0.15) is 22.1 Å². The van der Waals surface area contributed by atoms with Crippen molar-refractivity contribution in [1.82, 2.24) is 19.9 Å². The molecule has 0 amide bonds. The standard InChI is InChI=1S/C29H20N2O2.C28H18N2O2/c1-19-6-17-27-25(18-19)31-29(33-27)23-15-11-21(12-16-23)8-7-20-9-13-22(14-10-20)28-30-24-4-2-3-5-26(24)32-28;1-3-7-25-23(5-1)29-27(31-25)21-15-11-19(12-16-21)9-10-20-13-17-22(18-14-20)28-30-24-6-2-4-8-26(24)32-28/h2-18H,1H3;1-18H/b8-7+;10-9+. The highest BCUT2D eigenvalue weighted by Crippen LogP contribution is 2.29. The van der Waals surface area contributed by atoms with Gasteiger partial charge >= 0.3 is 0 Å². The third-order valence-electron chi connectivity index (χ3n) is 11.0. The zero-order valence-corrected chi connectivity index (χ0v) is 35.1. The average molecular weight is 843 g/mol. The molecule has 8 heteroatoms. The van der Waals surface area contributed by atoms with Crippen molar-refractivity contribution in [2.24, 2.45) is 0 Å². The van der Waals surface area contributed by atoms with E-state index in [2.05, 4.69) is 99.7 Å². The van der Waals surface area contributed by atoms with E-state index in [1.807, 2.05) is 140 Å². The van der Waals surface area contributed by atoms with Crippen LogP contribution < -0.4 is 0 Å². The summed E-state index contributed by atoms with van der Waals surface area (Å²) < 4.78 is 23.5. The van der Waals surface area contributed by atoms with Crippen LogP contribution in [0.4, 0.5) is 0 Å². The van der Waals surface area contributed by atoms with Crippen LogP contribution in [0.15, 0.2) is 206 Å². The molecule has 12 rings (SSSR count). The molecule has 0 fully saturated rings. The quantitative estimate of drug-likeness (QED) is 0.139. The first-order valence-electron chi connectivity index (χ1n) is 21.2. The minimum Gasteiger partial charge on any atom is -0.436 e. The summed E-state index contributed by atoms with van der Waals surface area (Å²) >= 11 is 0. The lowest BCUT2D eigenvalue weighted by atomic mass is 10.1. The lowest BCUT2D eigenvalue weighted by Gasteiger charge is -1.99. The van der Waals surface area contributed by atoms with E-state index in [0.29, 0.717) is 23.6 Å². The highest BCUT2D eigenvalue weighted by molar-refractivity contribution is 5.81. The van der Waals surface area contributed by atoms with E-state index in [9.17, 15) is 0 Å². The van der Waals surface area contributed by atoms with Gasteiger partial charge in [-0.15, -0.1) is 0 Å². The molecule has 8 aromatic carbocycles. The van der Waals surface area contributed by atoms with Gasteiger partial charge in [-0.2, -0.15) is 0 Å². The Kier molecular flexibility index (Phi) is 10.3. The molecule has 0 atom stereocenters. The second-order valence-electron chi connectivity index (χ2n) is 15.6. The molecule has 0 radical (unpaired) electrons. The Bertz CT molecular complexity index is 3430. The summed E-state index contributed by atoms with van der Waals surface area (Å²) in [6, 6.07) is 62.2. The van der Waals surface area contributed by atoms with Gasteiger partial charge in [-0.25, -0.2) is 19.9 Å². The molecule has 0 aliphatic carbocycles. The maximum atomic E-state index is 5.90. The van der Waals surface area contributed by atoms with Gasteiger partial charge in [-0.05, 0) is 132 Å². The molecule has 0 aliphatic heterocycles. The minimum absolute atomic E-state index is 0.636. The van der Waals surface area contributed by atoms with Gasteiger partial charge in [0, 0.05) is 22.3 Å². The lowest BCUT2D eigenvalue weighted by Crippen LogP contribution is -1.79. The predicted molar refractivity (Wildman–Crippen MR) is 260 cm³/mol. The zero-order chi connectivity index (χ0) is 43.5. The fourth-order valence-electron chi connectivity index (χ4n) is 7.48. The molecule has 65 heavy (non-hydrogen) atoms. The van der Waals surface area contributed by atoms with Crippen molar-refractivity contribution < 1.29 is 17.7 Å². The monoisotopic (exact) mass is 842 g/mol. The SMILES string of the molecule is C(=C\c1ccc(-c2nc3ccccc3o2)cc1)/c1ccc(-c2nc3ccccc3o2)cc1.Cc1ccc2oc(-c3ccc(/C=C/c4ccc(-c5nc6ccccc6o5)cc4)cc3)nc2c1. The molecule has 0 saturated heterocycles. The maximum Gasteiger partial charge on any atom is 0.227 e. The van der Waals surface area contributed by atoms with Crippen LogP contribution in [0.5, 0.6) is 0 Å². The van der Waals surface area contributed by atoms with Crippen LogP contribution in [0.1, 0.15) is 27.8 Å². The number of aromatic nitrogens is 4. The molecular formula is C57H38N4O4. The van der Waals surface area contributed by atoms with Crippen LogP contribution in [-0.4, -0.2) is 19.9 Å². The summed E-state index contributed by atoms with van der Waals surface area (Å²) in [5.74, 6) is 2.55. The predicted octanol–water partition coefficient (Wildman–Crippen LogP) is 15.3. The molecule has 0 bridgehead atoms. The molecule has 310 valence electrons. The molecular weight excluding hydrogens is 805 g/mol. The van der Waals surface area contributed by atoms with E-state index in [-0.39, 0.29) is 0 Å². The molecule has 4 heterocycles. The van der Waals surface area contributed by atoms with Gasteiger partial charge < -0.3 is 17.7 Å². The Morgan fingerprint density at radius 1 is 0.292 bits per heavy atom. The molecule has 0 spiro atoms. The van der Waals surface area contributed by atoms with Gasteiger partial charge in [0.25, 0.3) is 0 Å². The number of benzene rings is 8. The van der Waals surface area contributed by atoms with E-state index >= 15 is 0 Å². The van der Waals surface area contributed by atoms with Crippen LogP contribution in [0.25, 0.3) is 115 Å². The Morgan fingerprint density at radius 3 is 0.877 bits per heavy atom. The van der Waals surface area contributed by atoms with E-state index in [0.717, 1.165) is 88.9 Å². The Morgan fingerprint density at radius 2 is 0.569 bits per heavy atom. The van der Waals surface area contributed by atoms with Gasteiger partial charge in [-0.3, -0.25) is 0 Å². The number of para-hydroxylation sites is 6. The van der Waals surface area contributed by atoms with Crippen molar-refractivity contribution in [1.29, 1.82) is 0 Å². The molecule has 0 N–H and O–H groups in total. The van der Waals surface area contributed by atoms with Gasteiger partial charge in [0.2, 0.25) is 23.6 Å². The number of rotatable bonds is 8. The summed E-state index contributed by atoms with van der Waals surface area (Å²) in [5.41, 5.74) is 16.1. The third-order valence-corrected chi connectivity index (χ3v) is 11.0. The molecule has 0 saturated carbocycles. The van der Waals surface area contributed by atoms with Crippen molar-refractivity contribution in [2.75, 3.05) is 0 Å². The van der Waals surface area contributed by atoms with E-state index in [1.165, 1.54) is 5.56 Å². The van der Waals surface area contributed by atoms with Crippen molar-refractivity contribution in [3.05, 3.63) is 216 Å². The smallest absolute Gasteiger partial charge is 0.227 e. The van der Waals surface area contributed by atoms with Crippen LogP contribution >= 0.6 is 0 Å². The summed E-state index contributed by atoms with van der Waals surface area (Å²) in [5, 5.41) is 0. The van der Waals surface area contributed by atoms with E-state index in [4.69, 9.17) is 17.7 Å². The van der Waals surface area contributed by atoms with Gasteiger partial charge in [0.05, 0.1) is 0 Å². The summed E-state index contributed by atoms with van der Waals surface area (Å²) in [4.78, 5) is 18.3. The van der Waals surface area contributed by atoms with Crippen molar-refractivity contribution in [2.45, 2.75) is 6.92 Å². The molecule has 4 aromatic heterocycles. The first-order chi connectivity index (χ1) is 32.0. The third kappa shape index (κ3) is 8.52. The van der Waals surface area contributed by atoms with Crippen molar-refractivity contribution in [3.63, 3.8) is 0 Å². The molecule has 0 unspecified atom stereocenters. The fraction of sp³-hybridized carbons (Fsp3) is 0.0175. The first-order valence-corrected chi connectivity index (χ1v) is 21.2. The highest BCUT2D eigenvalue weighted by Gasteiger charge is 2.11. The first kappa shape index (κ1) is 39.0. The maximum absolute atomic E-state index is 5.90. The minimum atomic E-state index is 0.636. The molecule has 0 aliphatic rings. The highest BCUT2D eigenvalue weighted by atomic mass is 16.4.